The van der Waals surface area contributed by atoms with Crippen LogP contribution in [-0.4, -0.2) is 90.1 Å². The van der Waals surface area contributed by atoms with Gasteiger partial charge in [-0.25, -0.2) is 9.03 Å². The molecule has 0 unspecified atom stereocenters. The molecular weight excluding hydrogens is 693 g/mol. The van der Waals surface area contributed by atoms with E-state index in [1.807, 2.05) is 33.3 Å². The van der Waals surface area contributed by atoms with E-state index in [0.717, 1.165) is 95.4 Å². The number of fused-ring (bicyclic) bond motifs is 2. The number of anilines is 2. The molecule has 2 N–H and O–H groups in total. The monoisotopic (exact) mass is 742 g/mol. The van der Waals surface area contributed by atoms with Gasteiger partial charge in [0.1, 0.15) is 0 Å². The van der Waals surface area contributed by atoms with Gasteiger partial charge in [0.15, 0.2) is 11.3 Å². The minimum absolute atomic E-state index is 0.0407. The van der Waals surface area contributed by atoms with Crippen molar-refractivity contribution in [3.05, 3.63) is 47.8 Å². The third-order valence-corrected chi connectivity index (χ3v) is 13.1. The number of likely N-dealkylation sites (tertiary alicyclic amines) is 2. The zero-order chi connectivity index (χ0) is 37.6. The summed E-state index contributed by atoms with van der Waals surface area (Å²) in [5.41, 5.74) is 4.87. The van der Waals surface area contributed by atoms with Crippen molar-refractivity contribution in [2.45, 2.75) is 95.3 Å². The van der Waals surface area contributed by atoms with E-state index >= 15 is 0 Å². The van der Waals surface area contributed by atoms with E-state index in [1.165, 1.54) is 37.1 Å². The number of aromatic nitrogens is 6. The van der Waals surface area contributed by atoms with Crippen LogP contribution in [-0.2, 0) is 9.59 Å². The third-order valence-electron chi connectivity index (χ3n) is 13.1. The van der Waals surface area contributed by atoms with Crippen molar-refractivity contribution in [3.8, 4) is 12.1 Å². The highest BCUT2D eigenvalue weighted by atomic mass is 16.2. The second kappa shape index (κ2) is 14.6. The summed E-state index contributed by atoms with van der Waals surface area (Å²) < 4.78 is 3.83. The average molecular weight is 743 g/mol. The summed E-state index contributed by atoms with van der Waals surface area (Å²) in [6, 6.07) is 16.8. The van der Waals surface area contributed by atoms with Crippen LogP contribution in [0.5, 0.6) is 0 Å². The Morgan fingerprint density at radius 3 is 1.53 bits per heavy atom. The van der Waals surface area contributed by atoms with Gasteiger partial charge in [-0.05, 0) is 112 Å². The normalized spacial score (nSPS) is 22.3. The number of carbonyl (C=O) groups is 2. The molecule has 2 aliphatic heterocycles. The molecular formula is C41H50N12O2. The molecule has 2 amide bonds. The maximum absolute atomic E-state index is 12.0. The molecule has 0 aromatic carbocycles. The van der Waals surface area contributed by atoms with E-state index in [0.29, 0.717) is 47.5 Å². The number of carbonyl (C=O) groups excluding carboxylic acids is 2. The zero-order valence-corrected chi connectivity index (χ0v) is 31.5. The Morgan fingerprint density at radius 1 is 0.655 bits per heavy atom. The van der Waals surface area contributed by atoms with Crippen LogP contribution in [0, 0.1) is 45.3 Å². The van der Waals surface area contributed by atoms with Gasteiger partial charge in [0.05, 0.1) is 18.7 Å². The van der Waals surface area contributed by atoms with Crippen LogP contribution >= 0.6 is 0 Å². The van der Waals surface area contributed by atoms with E-state index in [4.69, 9.17) is 10.5 Å². The molecule has 6 aliphatic rings. The van der Waals surface area contributed by atoms with Gasteiger partial charge >= 0.3 is 0 Å². The van der Waals surface area contributed by atoms with Crippen LogP contribution in [0.25, 0.3) is 11.3 Å². The van der Waals surface area contributed by atoms with Gasteiger partial charge in [-0.15, -0.1) is 10.2 Å². The van der Waals surface area contributed by atoms with Gasteiger partial charge in [0, 0.05) is 74.2 Å². The highest BCUT2D eigenvalue weighted by Crippen LogP contribution is 2.49. The standard InChI is InChI=1S/C21H26N6O.C20H24N6O/c22-11-2-12-26-13-21(14-26)9-7-15(8-10-21)17-3-1-4-18-23-20(25-27(17)18)24-19(28)16-5-6-16;21-10-11-25-12-20(13-25)8-6-14(7-9-20)16-2-1-3-17-22-19(24-26(16)17)23-18(27)15-4-5-15/h1,3-4,15-16H,2,5-10,12-14H2,(H,24,25,28);1-3,14-15H,4-9,11-13H2,(H,23,24,27). The molecule has 0 radical (unpaired) electrons. The molecule has 4 saturated carbocycles. The van der Waals surface area contributed by atoms with Gasteiger partial charge in [0.2, 0.25) is 23.7 Å². The lowest BCUT2D eigenvalue weighted by molar-refractivity contribution is -0.118. The Hall–Kier alpha value is -4.92. The second-order valence-electron chi connectivity index (χ2n) is 17.3. The molecule has 0 bridgehead atoms. The van der Waals surface area contributed by atoms with Gasteiger partial charge in [0.25, 0.3) is 0 Å². The number of nitrogens with one attached hydrogen (secondary N) is 2. The number of amides is 2. The Kier molecular flexibility index (Phi) is 9.51. The molecule has 4 aromatic heterocycles. The van der Waals surface area contributed by atoms with Crippen molar-refractivity contribution in [1.29, 1.82) is 10.5 Å². The van der Waals surface area contributed by atoms with Crippen LogP contribution in [0.3, 0.4) is 0 Å². The van der Waals surface area contributed by atoms with Crippen molar-refractivity contribution in [2.24, 2.45) is 22.7 Å². The van der Waals surface area contributed by atoms with Crippen molar-refractivity contribution < 1.29 is 9.59 Å². The maximum Gasteiger partial charge on any atom is 0.249 e. The Labute approximate surface area is 321 Å². The summed E-state index contributed by atoms with van der Waals surface area (Å²) in [7, 11) is 0. The predicted molar refractivity (Wildman–Crippen MR) is 205 cm³/mol. The van der Waals surface area contributed by atoms with Crippen LogP contribution < -0.4 is 10.6 Å². The molecule has 2 saturated heterocycles. The van der Waals surface area contributed by atoms with Gasteiger partial charge in [-0.2, -0.15) is 20.5 Å². The second-order valence-corrected chi connectivity index (χ2v) is 17.3. The fourth-order valence-electron chi connectivity index (χ4n) is 9.76. The lowest BCUT2D eigenvalue weighted by Gasteiger charge is -2.53. The van der Waals surface area contributed by atoms with Crippen LogP contribution in [0.1, 0.15) is 107 Å². The molecule has 10 rings (SSSR count). The fourth-order valence-corrected chi connectivity index (χ4v) is 9.76. The van der Waals surface area contributed by atoms with E-state index in [9.17, 15) is 9.59 Å². The minimum atomic E-state index is 0.0407. The lowest BCUT2D eigenvalue weighted by Crippen LogP contribution is -2.57. The quantitative estimate of drug-likeness (QED) is 0.208. The van der Waals surface area contributed by atoms with Gasteiger partial charge < -0.3 is 4.90 Å². The summed E-state index contributed by atoms with van der Waals surface area (Å²) in [6.07, 6.45) is 14.0. The predicted octanol–water partition coefficient (Wildman–Crippen LogP) is 5.51. The molecule has 2 spiro atoms. The van der Waals surface area contributed by atoms with Crippen molar-refractivity contribution in [3.63, 3.8) is 0 Å². The van der Waals surface area contributed by atoms with Crippen LogP contribution in [0.4, 0.5) is 11.9 Å². The van der Waals surface area contributed by atoms with Crippen molar-refractivity contribution in [1.82, 2.24) is 39.0 Å². The molecule has 6 fully saturated rings. The van der Waals surface area contributed by atoms with Gasteiger partial charge in [-0.3, -0.25) is 25.1 Å². The van der Waals surface area contributed by atoms with E-state index in [1.54, 1.807) is 0 Å². The Balaban J connectivity index is 0.000000144. The first kappa shape index (κ1) is 35.8. The first-order valence-corrected chi connectivity index (χ1v) is 20.3. The van der Waals surface area contributed by atoms with E-state index in [2.05, 4.69) is 64.9 Å². The molecule has 14 nitrogen and oxygen atoms in total. The highest BCUT2D eigenvalue weighted by Gasteiger charge is 2.46. The van der Waals surface area contributed by atoms with Crippen molar-refractivity contribution in [2.75, 3.05) is 49.9 Å². The number of rotatable bonds is 9. The number of hydrogen-bond donors (Lipinski definition) is 2. The molecule has 286 valence electrons. The Morgan fingerprint density at radius 2 is 1.11 bits per heavy atom. The zero-order valence-electron chi connectivity index (χ0n) is 31.5. The van der Waals surface area contributed by atoms with Crippen molar-refractivity contribution >= 4 is 35.0 Å². The third kappa shape index (κ3) is 7.54. The van der Waals surface area contributed by atoms with E-state index in [-0.39, 0.29) is 23.7 Å². The molecule has 6 heterocycles. The molecule has 4 aromatic rings. The number of nitriles is 2. The summed E-state index contributed by atoms with van der Waals surface area (Å²) in [6.45, 7) is 5.89. The largest absolute Gasteiger partial charge is 0.301 e. The lowest BCUT2D eigenvalue weighted by atomic mass is 9.65. The number of pyridine rings is 2. The summed E-state index contributed by atoms with van der Waals surface area (Å²) in [4.78, 5) is 37.7. The molecule has 14 heteroatoms. The Bertz CT molecular complexity index is 2140. The topological polar surface area (TPSA) is 173 Å². The fraction of sp³-hybridized carbons (Fsp3) is 0.610. The summed E-state index contributed by atoms with van der Waals surface area (Å²) in [5.74, 6) is 2.17. The summed E-state index contributed by atoms with van der Waals surface area (Å²) >= 11 is 0. The summed E-state index contributed by atoms with van der Waals surface area (Å²) in [5, 5.41) is 32.5. The average Bonchev–Trinajstić information content (AvgIpc) is 4.11. The van der Waals surface area contributed by atoms with Crippen LogP contribution in [0.2, 0.25) is 0 Å². The van der Waals surface area contributed by atoms with Gasteiger partial charge in [-0.1, -0.05) is 12.1 Å². The first-order valence-electron chi connectivity index (χ1n) is 20.3. The maximum atomic E-state index is 12.0. The SMILES string of the molecule is N#CCCN1CC2(CCC(c3cccc4nc(NC(=O)C5CC5)nn34)CC2)C1.N#CCN1CC2(CCC(c3cccc4nc(NC(=O)C5CC5)nn34)CC2)C1. The highest BCUT2D eigenvalue weighted by molar-refractivity contribution is 5.93. The molecule has 55 heavy (non-hydrogen) atoms. The molecule has 4 aliphatic carbocycles. The van der Waals surface area contributed by atoms with E-state index < -0.39 is 0 Å². The smallest absolute Gasteiger partial charge is 0.249 e. The number of nitrogens with zero attached hydrogens (tertiary/aromatic N) is 10. The minimum Gasteiger partial charge on any atom is -0.301 e. The van der Waals surface area contributed by atoms with Crippen LogP contribution in [0.15, 0.2) is 36.4 Å². The first-order chi connectivity index (χ1) is 26.8. The molecule has 0 atom stereocenters. The number of hydrogen-bond acceptors (Lipinski definition) is 10.